The van der Waals surface area contributed by atoms with E-state index in [0.717, 1.165) is 29.8 Å². The van der Waals surface area contributed by atoms with Crippen LogP contribution in [0.2, 0.25) is 0 Å². The summed E-state index contributed by atoms with van der Waals surface area (Å²) in [7, 11) is 1.74. The minimum Gasteiger partial charge on any atom is -0.355 e. The normalized spacial score (nSPS) is 17.8. The Labute approximate surface area is 191 Å². The lowest BCUT2D eigenvalue weighted by Gasteiger charge is -2.32. The van der Waals surface area contributed by atoms with Crippen LogP contribution >= 0.6 is 0 Å². The van der Waals surface area contributed by atoms with Crippen molar-refractivity contribution in [2.24, 2.45) is 5.92 Å². The molecule has 172 valence electrons. The Hall–Kier alpha value is -2.86. The Kier molecular flexibility index (Phi) is 7.91. The van der Waals surface area contributed by atoms with Crippen molar-refractivity contribution >= 4 is 23.2 Å². The molecule has 1 aliphatic heterocycles. The fourth-order valence-electron chi connectivity index (χ4n) is 4.17. The third kappa shape index (κ3) is 5.49. The van der Waals surface area contributed by atoms with Crippen LogP contribution in [-0.2, 0) is 9.59 Å². The zero-order valence-electron chi connectivity index (χ0n) is 19.8. The number of hydrogen-bond acceptors (Lipinski definition) is 4. The number of likely N-dealkylation sites (N-methyl/N-ethyl adjacent to an activating group) is 1. The maximum absolute atomic E-state index is 13.5. The maximum atomic E-state index is 13.5. The topological polar surface area (TPSA) is 73.5 Å². The first-order valence-electron chi connectivity index (χ1n) is 11.5. The summed E-state index contributed by atoms with van der Waals surface area (Å²) in [6.45, 7) is 8.54. The van der Waals surface area contributed by atoms with Crippen molar-refractivity contribution in [2.75, 3.05) is 18.9 Å². The second-order valence-corrected chi connectivity index (χ2v) is 9.00. The van der Waals surface area contributed by atoms with Gasteiger partial charge in [0, 0.05) is 17.9 Å². The summed E-state index contributed by atoms with van der Waals surface area (Å²) in [5, 5.41) is 9.40. The van der Waals surface area contributed by atoms with Crippen molar-refractivity contribution in [3.8, 4) is 0 Å². The molecule has 0 saturated carbocycles. The summed E-state index contributed by atoms with van der Waals surface area (Å²) in [6.07, 6.45) is 1.88. The van der Waals surface area contributed by atoms with Crippen LogP contribution in [0.1, 0.15) is 50.8 Å². The second kappa shape index (κ2) is 10.6. The maximum Gasteiger partial charge on any atom is 0.245 e. The zero-order valence-corrected chi connectivity index (χ0v) is 19.8. The quantitative estimate of drug-likeness (QED) is 0.581. The van der Waals surface area contributed by atoms with Gasteiger partial charge < -0.3 is 20.9 Å². The van der Waals surface area contributed by atoms with Gasteiger partial charge in [0.1, 0.15) is 6.04 Å². The Bertz CT molecular complexity index is 943. The predicted octanol–water partition coefficient (Wildman–Crippen LogP) is 4.15. The van der Waals surface area contributed by atoms with E-state index in [0.29, 0.717) is 6.54 Å². The molecule has 0 spiro atoms. The summed E-state index contributed by atoms with van der Waals surface area (Å²) in [5.41, 5.74) is 4.38. The van der Waals surface area contributed by atoms with Gasteiger partial charge in [0.15, 0.2) is 0 Å². The number of nitrogens with zero attached hydrogens (tertiary/aromatic N) is 1. The molecule has 3 rings (SSSR count). The number of aryl methyl sites for hydroxylation is 1. The number of nitrogens with one attached hydrogen (secondary N) is 3. The van der Waals surface area contributed by atoms with Crippen LogP contribution in [0.5, 0.6) is 0 Å². The number of anilines is 2. The van der Waals surface area contributed by atoms with Crippen LogP contribution in [0.25, 0.3) is 0 Å². The summed E-state index contributed by atoms with van der Waals surface area (Å²) < 4.78 is 0. The molecule has 3 N–H and O–H groups in total. The van der Waals surface area contributed by atoms with E-state index in [9.17, 15) is 9.59 Å². The van der Waals surface area contributed by atoms with Crippen molar-refractivity contribution in [3.63, 3.8) is 0 Å². The molecule has 6 nitrogen and oxygen atoms in total. The molecule has 2 aromatic carbocycles. The fourth-order valence-corrected chi connectivity index (χ4v) is 4.17. The Morgan fingerprint density at radius 2 is 1.81 bits per heavy atom. The monoisotopic (exact) mass is 436 g/mol. The molecular formula is C26H36N4O2. The summed E-state index contributed by atoms with van der Waals surface area (Å²) >= 11 is 0. The SMILES string of the molecule is CN[C@@H](C)C(=O)N[C@H](C(=O)N1CCC[C@H]1c1cccc(Nc2ccccc2C)c1)C(C)C. The first kappa shape index (κ1) is 23.8. The second-order valence-electron chi connectivity index (χ2n) is 9.00. The molecule has 2 amide bonds. The summed E-state index contributed by atoms with van der Waals surface area (Å²) in [5.74, 6) is -0.151. The van der Waals surface area contributed by atoms with Crippen molar-refractivity contribution in [2.45, 2.75) is 58.7 Å². The van der Waals surface area contributed by atoms with Gasteiger partial charge in [-0.05, 0) is 69.0 Å². The first-order valence-corrected chi connectivity index (χ1v) is 11.5. The Morgan fingerprint density at radius 3 is 2.50 bits per heavy atom. The van der Waals surface area contributed by atoms with Gasteiger partial charge >= 0.3 is 0 Å². The van der Waals surface area contributed by atoms with Gasteiger partial charge in [0.2, 0.25) is 11.8 Å². The third-order valence-electron chi connectivity index (χ3n) is 6.29. The zero-order chi connectivity index (χ0) is 23.3. The average Bonchev–Trinajstić information content (AvgIpc) is 3.28. The number of likely N-dealkylation sites (tertiary alicyclic amines) is 1. The van der Waals surface area contributed by atoms with E-state index < -0.39 is 6.04 Å². The standard InChI is InChI=1S/C26H36N4O2/c1-17(2)24(29-25(31)19(4)27-5)26(32)30-15-9-14-23(30)20-11-8-12-21(16-20)28-22-13-7-6-10-18(22)3/h6-8,10-13,16-17,19,23-24,27-28H,9,14-15H2,1-5H3,(H,29,31)/t19-,23-,24-/m0/s1. The number of carbonyl (C=O) groups excluding carboxylic acids is 2. The smallest absolute Gasteiger partial charge is 0.245 e. The molecule has 1 saturated heterocycles. The summed E-state index contributed by atoms with van der Waals surface area (Å²) in [6, 6.07) is 15.6. The number of carbonyl (C=O) groups is 2. The van der Waals surface area contributed by atoms with Crippen LogP contribution in [0.3, 0.4) is 0 Å². The van der Waals surface area contributed by atoms with Gasteiger partial charge in [-0.3, -0.25) is 9.59 Å². The van der Waals surface area contributed by atoms with E-state index in [1.165, 1.54) is 5.56 Å². The first-order chi connectivity index (χ1) is 15.3. The molecule has 0 aromatic heterocycles. The molecular weight excluding hydrogens is 400 g/mol. The highest BCUT2D eigenvalue weighted by atomic mass is 16.2. The molecule has 3 atom stereocenters. The van der Waals surface area contributed by atoms with Crippen molar-refractivity contribution in [1.29, 1.82) is 0 Å². The van der Waals surface area contributed by atoms with Gasteiger partial charge in [-0.15, -0.1) is 0 Å². The lowest BCUT2D eigenvalue weighted by Crippen LogP contribution is -2.54. The van der Waals surface area contributed by atoms with E-state index in [1.54, 1.807) is 14.0 Å². The van der Waals surface area contributed by atoms with Crippen molar-refractivity contribution in [3.05, 3.63) is 59.7 Å². The minimum absolute atomic E-state index is 0.00332. The minimum atomic E-state index is -0.535. The molecule has 0 bridgehead atoms. The molecule has 1 fully saturated rings. The van der Waals surface area contributed by atoms with Crippen LogP contribution in [0, 0.1) is 12.8 Å². The van der Waals surface area contributed by atoms with E-state index in [1.807, 2.05) is 43.0 Å². The fraction of sp³-hybridized carbons (Fsp3) is 0.462. The molecule has 2 aromatic rings. The Balaban J connectivity index is 1.79. The molecule has 6 heteroatoms. The highest BCUT2D eigenvalue weighted by molar-refractivity contribution is 5.90. The van der Waals surface area contributed by atoms with E-state index in [2.05, 4.69) is 47.1 Å². The summed E-state index contributed by atoms with van der Waals surface area (Å²) in [4.78, 5) is 27.9. The third-order valence-corrected chi connectivity index (χ3v) is 6.29. The number of hydrogen-bond donors (Lipinski definition) is 3. The molecule has 1 aliphatic rings. The predicted molar refractivity (Wildman–Crippen MR) is 130 cm³/mol. The van der Waals surface area contributed by atoms with Crippen molar-refractivity contribution < 1.29 is 9.59 Å². The van der Waals surface area contributed by atoms with Gasteiger partial charge in [0.25, 0.3) is 0 Å². The van der Waals surface area contributed by atoms with E-state index >= 15 is 0 Å². The number of para-hydroxylation sites is 1. The average molecular weight is 437 g/mol. The number of amides is 2. The van der Waals surface area contributed by atoms with Crippen LogP contribution < -0.4 is 16.0 Å². The van der Waals surface area contributed by atoms with E-state index in [4.69, 9.17) is 0 Å². The van der Waals surface area contributed by atoms with Crippen molar-refractivity contribution in [1.82, 2.24) is 15.5 Å². The molecule has 0 unspecified atom stereocenters. The van der Waals surface area contributed by atoms with Gasteiger partial charge in [-0.1, -0.05) is 44.2 Å². The number of rotatable bonds is 8. The molecule has 1 heterocycles. The number of benzene rings is 2. The largest absolute Gasteiger partial charge is 0.355 e. The van der Waals surface area contributed by atoms with E-state index in [-0.39, 0.29) is 29.8 Å². The highest BCUT2D eigenvalue weighted by Gasteiger charge is 2.36. The Morgan fingerprint density at radius 1 is 1.06 bits per heavy atom. The lowest BCUT2D eigenvalue weighted by molar-refractivity contribution is -0.138. The molecule has 0 radical (unpaired) electrons. The van der Waals surface area contributed by atoms with Gasteiger partial charge in [-0.25, -0.2) is 0 Å². The van der Waals surface area contributed by atoms with Crippen LogP contribution in [0.15, 0.2) is 48.5 Å². The lowest BCUT2D eigenvalue weighted by atomic mass is 9.99. The van der Waals surface area contributed by atoms with Crippen LogP contribution in [-0.4, -0.2) is 42.4 Å². The van der Waals surface area contributed by atoms with Gasteiger partial charge in [0.05, 0.1) is 12.1 Å². The molecule has 0 aliphatic carbocycles. The molecule has 32 heavy (non-hydrogen) atoms. The van der Waals surface area contributed by atoms with Gasteiger partial charge in [-0.2, -0.15) is 0 Å². The van der Waals surface area contributed by atoms with Crippen LogP contribution in [0.4, 0.5) is 11.4 Å². The highest BCUT2D eigenvalue weighted by Crippen LogP contribution is 2.34.